The summed E-state index contributed by atoms with van der Waals surface area (Å²) in [4.78, 5) is 12.2. The standard InChI is InChI=1S/C15H17ClN2O/c1-11-6-8-15(10-17,9-7-11)18-14(19)12-2-4-13(16)5-3-12/h2-5,11H,6-9H2,1H3,(H,18,19). The minimum absolute atomic E-state index is 0.201. The number of halogens is 1. The van der Waals surface area contributed by atoms with Crippen LogP contribution in [0.1, 0.15) is 43.0 Å². The first-order valence-electron chi connectivity index (χ1n) is 6.54. The third-order valence-corrected chi connectivity index (χ3v) is 4.05. The van der Waals surface area contributed by atoms with E-state index in [1.807, 2.05) is 0 Å². The third-order valence-electron chi connectivity index (χ3n) is 3.80. The number of hydrogen-bond acceptors (Lipinski definition) is 2. The Morgan fingerprint density at radius 1 is 1.37 bits per heavy atom. The molecule has 2 rings (SSSR count). The summed E-state index contributed by atoms with van der Waals surface area (Å²) in [5, 5.41) is 12.9. The molecule has 1 amide bonds. The summed E-state index contributed by atoms with van der Waals surface area (Å²) in [6.45, 7) is 2.18. The predicted molar refractivity (Wildman–Crippen MR) is 74.9 cm³/mol. The second kappa shape index (κ2) is 5.63. The molecule has 1 aromatic carbocycles. The number of carbonyl (C=O) groups is 1. The van der Waals surface area contributed by atoms with Crippen molar-refractivity contribution in [2.45, 2.75) is 38.1 Å². The highest BCUT2D eigenvalue weighted by Crippen LogP contribution is 2.31. The van der Waals surface area contributed by atoms with Crippen LogP contribution >= 0.6 is 11.6 Å². The van der Waals surface area contributed by atoms with Crippen molar-refractivity contribution < 1.29 is 4.79 Å². The molecule has 4 heteroatoms. The molecule has 1 aliphatic rings. The zero-order valence-electron chi connectivity index (χ0n) is 10.9. The van der Waals surface area contributed by atoms with Crippen molar-refractivity contribution >= 4 is 17.5 Å². The van der Waals surface area contributed by atoms with Crippen molar-refractivity contribution in [1.82, 2.24) is 5.32 Å². The Morgan fingerprint density at radius 2 is 1.95 bits per heavy atom. The summed E-state index contributed by atoms with van der Waals surface area (Å²) < 4.78 is 0. The van der Waals surface area contributed by atoms with Gasteiger partial charge >= 0.3 is 0 Å². The van der Waals surface area contributed by atoms with Gasteiger partial charge in [0.15, 0.2) is 0 Å². The first-order valence-corrected chi connectivity index (χ1v) is 6.92. The summed E-state index contributed by atoms with van der Waals surface area (Å²) in [7, 11) is 0. The zero-order chi connectivity index (χ0) is 13.9. The number of amides is 1. The highest BCUT2D eigenvalue weighted by molar-refractivity contribution is 6.30. The van der Waals surface area contributed by atoms with Gasteiger partial charge in [0.1, 0.15) is 5.54 Å². The molecule has 1 aromatic rings. The van der Waals surface area contributed by atoms with E-state index < -0.39 is 5.54 Å². The zero-order valence-corrected chi connectivity index (χ0v) is 11.7. The molecule has 0 spiro atoms. The van der Waals surface area contributed by atoms with Gasteiger partial charge in [-0.15, -0.1) is 0 Å². The maximum absolute atomic E-state index is 12.2. The van der Waals surface area contributed by atoms with E-state index >= 15 is 0 Å². The molecule has 1 fully saturated rings. The Kier molecular flexibility index (Phi) is 4.11. The smallest absolute Gasteiger partial charge is 0.252 e. The largest absolute Gasteiger partial charge is 0.334 e. The fraction of sp³-hybridized carbons (Fsp3) is 0.467. The Hall–Kier alpha value is -1.53. The van der Waals surface area contributed by atoms with Crippen LogP contribution in [0.3, 0.4) is 0 Å². The molecule has 0 radical (unpaired) electrons. The second-order valence-electron chi connectivity index (χ2n) is 5.34. The molecule has 0 unspecified atom stereocenters. The van der Waals surface area contributed by atoms with E-state index in [9.17, 15) is 10.1 Å². The molecule has 1 aliphatic carbocycles. The molecule has 1 saturated carbocycles. The highest BCUT2D eigenvalue weighted by atomic mass is 35.5. The summed E-state index contributed by atoms with van der Waals surface area (Å²) in [5.74, 6) is 0.432. The fourth-order valence-electron chi connectivity index (χ4n) is 2.41. The molecule has 0 bridgehead atoms. The molecule has 0 heterocycles. The normalized spacial score (nSPS) is 26.5. The number of rotatable bonds is 2. The van der Waals surface area contributed by atoms with Crippen molar-refractivity contribution in [2.24, 2.45) is 5.92 Å². The van der Waals surface area contributed by atoms with E-state index in [-0.39, 0.29) is 5.91 Å². The van der Waals surface area contributed by atoms with Crippen LogP contribution in [0.25, 0.3) is 0 Å². The quantitative estimate of drug-likeness (QED) is 0.898. The average Bonchev–Trinajstić information content (AvgIpc) is 2.42. The van der Waals surface area contributed by atoms with E-state index in [0.717, 1.165) is 25.7 Å². The molecule has 3 nitrogen and oxygen atoms in total. The van der Waals surface area contributed by atoms with E-state index in [1.165, 1.54) is 0 Å². The first kappa shape index (κ1) is 13.9. The van der Waals surface area contributed by atoms with Gasteiger partial charge in [0.2, 0.25) is 0 Å². The lowest BCUT2D eigenvalue weighted by Crippen LogP contribution is -2.49. The van der Waals surface area contributed by atoms with Gasteiger partial charge in [-0.25, -0.2) is 0 Å². The van der Waals surface area contributed by atoms with Gasteiger partial charge in [-0.05, 0) is 55.9 Å². The summed E-state index contributed by atoms with van der Waals surface area (Å²) in [6.07, 6.45) is 3.41. The molecule has 0 aromatic heterocycles. The van der Waals surface area contributed by atoms with Gasteiger partial charge in [0.05, 0.1) is 6.07 Å². The monoisotopic (exact) mass is 276 g/mol. The highest BCUT2D eigenvalue weighted by Gasteiger charge is 2.35. The van der Waals surface area contributed by atoms with E-state index in [4.69, 9.17) is 11.6 Å². The molecule has 19 heavy (non-hydrogen) atoms. The van der Waals surface area contributed by atoms with E-state index in [1.54, 1.807) is 24.3 Å². The number of nitriles is 1. The van der Waals surface area contributed by atoms with Crippen molar-refractivity contribution in [3.63, 3.8) is 0 Å². The van der Waals surface area contributed by atoms with Gasteiger partial charge in [-0.2, -0.15) is 5.26 Å². The third kappa shape index (κ3) is 3.27. The second-order valence-corrected chi connectivity index (χ2v) is 5.77. The molecule has 100 valence electrons. The van der Waals surface area contributed by atoms with Gasteiger partial charge in [-0.1, -0.05) is 18.5 Å². The Labute approximate surface area is 118 Å². The average molecular weight is 277 g/mol. The Bertz CT molecular complexity index is 496. The topological polar surface area (TPSA) is 52.9 Å². The lowest BCUT2D eigenvalue weighted by atomic mass is 9.78. The molecule has 0 saturated heterocycles. The van der Waals surface area contributed by atoms with Crippen LogP contribution < -0.4 is 5.32 Å². The van der Waals surface area contributed by atoms with Crippen LogP contribution in [0.5, 0.6) is 0 Å². The Morgan fingerprint density at radius 3 is 2.47 bits per heavy atom. The van der Waals surface area contributed by atoms with Gasteiger partial charge in [0, 0.05) is 10.6 Å². The molecule has 0 aliphatic heterocycles. The van der Waals surface area contributed by atoms with Crippen LogP contribution in [0.4, 0.5) is 0 Å². The van der Waals surface area contributed by atoms with Gasteiger partial charge < -0.3 is 5.32 Å². The summed E-state index contributed by atoms with van der Waals surface area (Å²) in [5.41, 5.74) is -0.166. The van der Waals surface area contributed by atoms with E-state index in [0.29, 0.717) is 16.5 Å². The number of carbonyl (C=O) groups excluding carboxylic acids is 1. The van der Waals surface area contributed by atoms with Gasteiger partial charge in [0.25, 0.3) is 5.91 Å². The number of benzene rings is 1. The molecular weight excluding hydrogens is 260 g/mol. The lowest BCUT2D eigenvalue weighted by molar-refractivity contribution is 0.0894. The SMILES string of the molecule is CC1CCC(C#N)(NC(=O)c2ccc(Cl)cc2)CC1. The van der Waals surface area contributed by atoms with Crippen LogP contribution in [-0.2, 0) is 0 Å². The van der Waals surface area contributed by atoms with Crippen molar-refractivity contribution in [2.75, 3.05) is 0 Å². The number of nitrogens with zero attached hydrogens (tertiary/aromatic N) is 1. The number of hydrogen-bond donors (Lipinski definition) is 1. The fourth-order valence-corrected chi connectivity index (χ4v) is 2.54. The van der Waals surface area contributed by atoms with Gasteiger partial charge in [-0.3, -0.25) is 4.79 Å². The van der Waals surface area contributed by atoms with Crippen molar-refractivity contribution in [1.29, 1.82) is 5.26 Å². The van der Waals surface area contributed by atoms with E-state index in [2.05, 4.69) is 18.3 Å². The predicted octanol–water partition coefficient (Wildman–Crippen LogP) is 3.54. The van der Waals surface area contributed by atoms with Crippen molar-refractivity contribution in [3.05, 3.63) is 34.9 Å². The van der Waals surface area contributed by atoms with Crippen LogP contribution in [0.15, 0.2) is 24.3 Å². The van der Waals surface area contributed by atoms with Crippen LogP contribution in [0, 0.1) is 17.2 Å². The minimum atomic E-state index is -0.705. The Balaban J connectivity index is 2.09. The molecule has 0 atom stereocenters. The van der Waals surface area contributed by atoms with Crippen LogP contribution in [-0.4, -0.2) is 11.4 Å². The summed E-state index contributed by atoms with van der Waals surface area (Å²) in [6, 6.07) is 9.00. The maximum atomic E-state index is 12.2. The molecule has 1 N–H and O–H groups in total. The maximum Gasteiger partial charge on any atom is 0.252 e. The molecular formula is C15H17ClN2O. The number of nitrogens with one attached hydrogen (secondary N) is 1. The van der Waals surface area contributed by atoms with Crippen molar-refractivity contribution in [3.8, 4) is 6.07 Å². The van der Waals surface area contributed by atoms with Crippen LogP contribution in [0.2, 0.25) is 5.02 Å². The minimum Gasteiger partial charge on any atom is -0.334 e. The lowest BCUT2D eigenvalue weighted by Gasteiger charge is -2.34. The first-order chi connectivity index (χ1) is 9.04. The summed E-state index contributed by atoms with van der Waals surface area (Å²) >= 11 is 5.79.